The van der Waals surface area contributed by atoms with Crippen LogP contribution < -0.4 is 10.0 Å². The van der Waals surface area contributed by atoms with Crippen LogP contribution in [0.5, 0.6) is 0 Å². The van der Waals surface area contributed by atoms with Gasteiger partial charge in [0.2, 0.25) is 15.9 Å². The minimum Gasteiger partial charge on any atom is -0.325 e. The van der Waals surface area contributed by atoms with Crippen LogP contribution in [0.3, 0.4) is 0 Å². The van der Waals surface area contributed by atoms with Crippen molar-refractivity contribution in [2.24, 2.45) is 0 Å². The number of amides is 1. The van der Waals surface area contributed by atoms with E-state index in [1.54, 1.807) is 6.07 Å². The molecular formula is C12H15N3O3S. The van der Waals surface area contributed by atoms with E-state index in [9.17, 15) is 13.2 Å². The molecule has 0 spiro atoms. The summed E-state index contributed by atoms with van der Waals surface area (Å²) in [6, 6.07) is 7.50. The molecule has 0 fully saturated rings. The van der Waals surface area contributed by atoms with Crippen LogP contribution in [0.15, 0.2) is 29.2 Å². The van der Waals surface area contributed by atoms with Gasteiger partial charge in [-0.15, -0.1) is 0 Å². The zero-order chi connectivity index (χ0) is 14.3. The Morgan fingerprint density at radius 2 is 1.95 bits per heavy atom. The number of hydrogen-bond acceptors (Lipinski definition) is 4. The molecule has 0 heterocycles. The Morgan fingerprint density at radius 3 is 2.47 bits per heavy atom. The van der Waals surface area contributed by atoms with Gasteiger partial charge in [-0.1, -0.05) is 6.92 Å². The Labute approximate surface area is 112 Å². The number of anilines is 1. The molecule has 0 bridgehead atoms. The van der Waals surface area contributed by atoms with Gasteiger partial charge in [0, 0.05) is 12.2 Å². The minimum absolute atomic E-state index is 0.138. The smallest absolute Gasteiger partial charge is 0.240 e. The summed E-state index contributed by atoms with van der Waals surface area (Å²) in [6.07, 6.45) is 0.472. The van der Waals surface area contributed by atoms with Crippen molar-refractivity contribution in [3.05, 3.63) is 24.3 Å². The van der Waals surface area contributed by atoms with E-state index in [0.717, 1.165) is 0 Å². The van der Waals surface area contributed by atoms with Crippen molar-refractivity contribution < 1.29 is 13.2 Å². The maximum Gasteiger partial charge on any atom is 0.240 e. The van der Waals surface area contributed by atoms with Crippen molar-refractivity contribution in [3.8, 4) is 6.07 Å². The van der Waals surface area contributed by atoms with E-state index in [1.807, 2.05) is 6.92 Å². The Morgan fingerprint density at radius 1 is 1.32 bits per heavy atom. The zero-order valence-corrected chi connectivity index (χ0v) is 11.3. The fourth-order valence-corrected chi connectivity index (χ4v) is 2.45. The number of nitrogens with zero attached hydrogens (tertiary/aromatic N) is 1. The van der Waals surface area contributed by atoms with Gasteiger partial charge in [-0.2, -0.15) is 5.26 Å². The molecule has 0 radical (unpaired) electrons. The zero-order valence-electron chi connectivity index (χ0n) is 10.5. The highest BCUT2D eigenvalue weighted by molar-refractivity contribution is 7.89. The first-order valence-corrected chi connectivity index (χ1v) is 7.24. The lowest BCUT2D eigenvalue weighted by atomic mass is 10.3. The third kappa shape index (κ3) is 4.69. The number of hydrogen-bond donors (Lipinski definition) is 2. The fourth-order valence-electron chi connectivity index (χ4n) is 1.31. The molecule has 0 saturated carbocycles. The topological polar surface area (TPSA) is 99.1 Å². The molecule has 2 N–H and O–H groups in total. The summed E-state index contributed by atoms with van der Waals surface area (Å²) in [4.78, 5) is 11.3. The molecule has 0 unspecified atom stereocenters. The van der Waals surface area contributed by atoms with Gasteiger partial charge in [-0.3, -0.25) is 4.79 Å². The molecule has 1 amide bonds. The van der Waals surface area contributed by atoms with E-state index in [-0.39, 0.29) is 11.3 Å². The number of sulfonamides is 1. The van der Waals surface area contributed by atoms with Crippen molar-refractivity contribution in [2.45, 2.75) is 24.7 Å². The SMILES string of the molecule is CCCNS(=O)(=O)c1ccc(NC(=O)CC#N)cc1. The molecule has 0 aliphatic carbocycles. The van der Waals surface area contributed by atoms with E-state index < -0.39 is 15.9 Å². The van der Waals surface area contributed by atoms with Crippen LogP contribution in [-0.2, 0) is 14.8 Å². The van der Waals surface area contributed by atoms with Crippen molar-refractivity contribution in [3.63, 3.8) is 0 Å². The van der Waals surface area contributed by atoms with Gasteiger partial charge >= 0.3 is 0 Å². The van der Waals surface area contributed by atoms with Gasteiger partial charge in [0.25, 0.3) is 0 Å². The summed E-state index contributed by atoms with van der Waals surface area (Å²) < 4.78 is 26.0. The highest BCUT2D eigenvalue weighted by atomic mass is 32.2. The molecule has 102 valence electrons. The summed E-state index contributed by atoms with van der Waals surface area (Å²) in [5, 5.41) is 10.8. The van der Waals surface area contributed by atoms with Gasteiger partial charge in [-0.25, -0.2) is 13.1 Å². The van der Waals surface area contributed by atoms with Gasteiger partial charge in [-0.05, 0) is 30.7 Å². The lowest BCUT2D eigenvalue weighted by Gasteiger charge is -2.07. The molecule has 0 aliphatic heterocycles. The summed E-state index contributed by atoms with van der Waals surface area (Å²) in [6.45, 7) is 2.25. The number of rotatable bonds is 6. The first-order valence-electron chi connectivity index (χ1n) is 5.76. The molecule has 1 aromatic rings. The maximum absolute atomic E-state index is 11.8. The van der Waals surface area contributed by atoms with Crippen LogP contribution in [0.2, 0.25) is 0 Å². The molecule has 6 nitrogen and oxygen atoms in total. The maximum atomic E-state index is 11.8. The molecule has 7 heteroatoms. The summed E-state index contributed by atoms with van der Waals surface area (Å²) >= 11 is 0. The Kier molecular flexibility index (Phi) is 5.48. The summed E-state index contributed by atoms with van der Waals surface area (Å²) in [5.74, 6) is -0.429. The Bertz CT molecular complexity index is 573. The summed E-state index contributed by atoms with van der Waals surface area (Å²) in [5.41, 5.74) is 0.453. The molecule has 0 aliphatic rings. The molecule has 1 aromatic carbocycles. The molecule has 0 aromatic heterocycles. The predicted molar refractivity (Wildman–Crippen MR) is 70.8 cm³/mol. The van der Waals surface area contributed by atoms with Crippen molar-refractivity contribution in [2.75, 3.05) is 11.9 Å². The number of nitriles is 1. The highest BCUT2D eigenvalue weighted by Crippen LogP contribution is 2.14. The van der Waals surface area contributed by atoms with Gasteiger partial charge in [0.15, 0.2) is 0 Å². The molecular weight excluding hydrogens is 266 g/mol. The number of benzene rings is 1. The summed E-state index contributed by atoms with van der Waals surface area (Å²) in [7, 11) is -3.49. The van der Waals surface area contributed by atoms with Gasteiger partial charge < -0.3 is 5.32 Å². The molecule has 19 heavy (non-hydrogen) atoms. The lowest BCUT2D eigenvalue weighted by Crippen LogP contribution is -2.24. The van der Waals surface area contributed by atoms with E-state index >= 15 is 0 Å². The third-order valence-corrected chi connectivity index (χ3v) is 3.71. The quantitative estimate of drug-likeness (QED) is 0.819. The molecule has 0 saturated heterocycles. The van der Waals surface area contributed by atoms with Gasteiger partial charge in [0.1, 0.15) is 6.42 Å². The predicted octanol–water partition coefficient (Wildman–Crippen LogP) is 1.23. The van der Waals surface area contributed by atoms with Crippen LogP contribution in [0.25, 0.3) is 0 Å². The van der Waals surface area contributed by atoms with Crippen molar-refractivity contribution in [1.29, 1.82) is 5.26 Å². The van der Waals surface area contributed by atoms with Crippen LogP contribution in [-0.4, -0.2) is 20.9 Å². The monoisotopic (exact) mass is 281 g/mol. The van der Waals surface area contributed by atoms with Crippen molar-refractivity contribution in [1.82, 2.24) is 4.72 Å². The van der Waals surface area contributed by atoms with Crippen molar-refractivity contribution >= 4 is 21.6 Å². The second-order valence-electron chi connectivity index (χ2n) is 3.81. The molecule has 1 rings (SSSR count). The fraction of sp³-hybridized carbons (Fsp3) is 0.333. The standard InChI is InChI=1S/C12H15N3O3S/c1-2-9-14-19(17,18)11-5-3-10(4-6-11)15-12(16)7-8-13/h3-6,14H,2,7,9H2,1H3,(H,15,16). The average Bonchev–Trinajstić information content (AvgIpc) is 2.37. The first kappa shape index (κ1) is 15.1. The third-order valence-electron chi connectivity index (χ3n) is 2.23. The second-order valence-corrected chi connectivity index (χ2v) is 5.57. The second kappa shape index (κ2) is 6.87. The largest absolute Gasteiger partial charge is 0.325 e. The minimum atomic E-state index is -3.49. The van der Waals surface area contributed by atoms with E-state index in [4.69, 9.17) is 5.26 Å². The van der Waals surface area contributed by atoms with E-state index in [0.29, 0.717) is 18.7 Å². The number of carbonyl (C=O) groups excluding carboxylic acids is 1. The molecule has 0 atom stereocenters. The average molecular weight is 281 g/mol. The van der Waals surface area contributed by atoms with E-state index in [2.05, 4.69) is 10.0 Å². The van der Waals surface area contributed by atoms with Crippen LogP contribution >= 0.6 is 0 Å². The van der Waals surface area contributed by atoms with Crippen LogP contribution in [0, 0.1) is 11.3 Å². The lowest BCUT2D eigenvalue weighted by molar-refractivity contribution is -0.115. The van der Waals surface area contributed by atoms with E-state index in [1.165, 1.54) is 24.3 Å². The van der Waals surface area contributed by atoms with Gasteiger partial charge in [0.05, 0.1) is 11.0 Å². The van der Waals surface area contributed by atoms with Crippen LogP contribution in [0.4, 0.5) is 5.69 Å². The number of carbonyl (C=O) groups is 1. The Hall–Kier alpha value is -1.91. The van der Waals surface area contributed by atoms with Crippen LogP contribution in [0.1, 0.15) is 19.8 Å². The number of nitrogens with one attached hydrogen (secondary N) is 2. The first-order chi connectivity index (χ1) is 8.99. The highest BCUT2D eigenvalue weighted by Gasteiger charge is 2.12. The normalized spacial score (nSPS) is 10.7. The Balaban J connectivity index is 2.77.